The Kier molecular flexibility index (Phi) is 7.54. The van der Waals surface area contributed by atoms with E-state index in [4.69, 9.17) is 10.5 Å². The molecule has 0 heterocycles. The van der Waals surface area contributed by atoms with E-state index in [0.717, 1.165) is 12.2 Å². The van der Waals surface area contributed by atoms with E-state index in [-0.39, 0.29) is 5.57 Å². The molecule has 64 valence electrons. The minimum atomic E-state index is 0.205. The molecule has 0 aromatic heterocycles. The predicted molar refractivity (Wildman–Crippen MR) is 51.3 cm³/mol. The van der Waals surface area contributed by atoms with Gasteiger partial charge < -0.3 is 0 Å². The van der Waals surface area contributed by atoms with Crippen molar-refractivity contribution in [3.8, 4) is 12.1 Å². The molecule has 0 radical (unpaired) electrons. The van der Waals surface area contributed by atoms with Crippen molar-refractivity contribution in [2.24, 2.45) is 0 Å². The van der Waals surface area contributed by atoms with Crippen molar-refractivity contribution in [3.05, 3.63) is 11.0 Å². The van der Waals surface area contributed by atoms with Gasteiger partial charge in [0.2, 0.25) is 0 Å². The maximum absolute atomic E-state index is 8.37. The first-order valence-corrected chi connectivity index (χ1v) is 5.02. The van der Waals surface area contributed by atoms with Crippen molar-refractivity contribution in [2.75, 3.05) is 5.75 Å². The van der Waals surface area contributed by atoms with E-state index in [1.807, 2.05) is 12.1 Å². The van der Waals surface area contributed by atoms with Crippen LogP contribution in [0, 0.1) is 22.7 Å². The lowest BCUT2D eigenvalue weighted by Crippen LogP contribution is -1.77. The second-order valence-corrected chi connectivity index (χ2v) is 3.31. The molecule has 0 fully saturated rings. The van der Waals surface area contributed by atoms with E-state index >= 15 is 0 Å². The van der Waals surface area contributed by atoms with Gasteiger partial charge in [-0.3, -0.25) is 0 Å². The summed E-state index contributed by atoms with van der Waals surface area (Å²) in [6.45, 7) is 2.15. The van der Waals surface area contributed by atoms with Gasteiger partial charge in [0.05, 0.1) is 0 Å². The van der Waals surface area contributed by atoms with E-state index in [1.165, 1.54) is 12.8 Å². The zero-order chi connectivity index (χ0) is 9.23. The molecule has 0 atom stereocenters. The molecule has 0 N–H and O–H groups in total. The summed E-state index contributed by atoms with van der Waals surface area (Å²) in [6, 6.07) is 3.64. The molecule has 0 spiro atoms. The summed E-state index contributed by atoms with van der Waals surface area (Å²) in [5, 5.41) is 18.4. The lowest BCUT2D eigenvalue weighted by molar-refractivity contribution is 0.779. The number of hydrogen-bond donors (Lipinski definition) is 0. The number of hydrogen-bond acceptors (Lipinski definition) is 3. The predicted octanol–water partition coefficient (Wildman–Crippen LogP) is 2.84. The Morgan fingerprint density at radius 2 is 2.00 bits per heavy atom. The average molecular weight is 180 g/mol. The molecule has 0 aliphatic heterocycles. The first-order chi connectivity index (χ1) is 5.85. The van der Waals surface area contributed by atoms with Crippen LogP contribution in [-0.4, -0.2) is 5.75 Å². The Labute approximate surface area is 77.9 Å². The molecule has 0 amide bonds. The van der Waals surface area contributed by atoms with E-state index < -0.39 is 0 Å². The molecule has 12 heavy (non-hydrogen) atoms. The molecule has 0 bridgehead atoms. The van der Waals surface area contributed by atoms with Gasteiger partial charge in [0.25, 0.3) is 0 Å². The number of nitrogens with zero attached hydrogens (tertiary/aromatic N) is 2. The van der Waals surface area contributed by atoms with Crippen molar-refractivity contribution < 1.29 is 0 Å². The molecule has 2 nitrogen and oxygen atoms in total. The molecule has 0 saturated carbocycles. The average Bonchev–Trinajstić information content (AvgIpc) is 2.11. The fraction of sp³-hybridized carbons (Fsp3) is 0.556. The van der Waals surface area contributed by atoms with Crippen LogP contribution in [0.5, 0.6) is 0 Å². The molecule has 0 rings (SSSR count). The third-order valence-corrected chi connectivity index (χ3v) is 2.23. The first kappa shape index (κ1) is 11.1. The largest absolute Gasteiger partial charge is 0.192 e. The van der Waals surface area contributed by atoms with E-state index in [1.54, 1.807) is 17.2 Å². The fourth-order valence-electron chi connectivity index (χ4n) is 0.655. The van der Waals surface area contributed by atoms with E-state index in [2.05, 4.69) is 6.92 Å². The van der Waals surface area contributed by atoms with Crippen molar-refractivity contribution in [1.29, 1.82) is 10.5 Å². The zero-order valence-electron chi connectivity index (χ0n) is 7.21. The Morgan fingerprint density at radius 1 is 1.33 bits per heavy atom. The Morgan fingerprint density at radius 3 is 2.50 bits per heavy atom. The SMILES string of the molecule is CCCCCSC=C(C#N)C#N. The quantitative estimate of drug-likeness (QED) is 0.483. The van der Waals surface area contributed by atoms with Crippen LogP contribution in [0.1, 0.15) is 26.2 Å². The van der Waals surface area contributed by atoms with Gasteiger partial charge in [-0.05, 0) is 17.6 Å². The van der Waals surface area contributed by atoms with Crippen LogP contribution >= 0.6 is 11.8 Å². The number of nitriles is 2. The van der Waals surface area contributed by atoms with Gasteiger partial charge in [0, 0.05) is 0 Å². The van der Waals surface area contributed by atoms with E-state index in [0.29, 0.717) is 0 Å². The van der Waals surface area contributed by atoms with Crippen molar-refractivity contribution in [3.63, 3.8) is 0 Å². The maximum atomic E-state index is 8.37. The Hall–Kier alpha value is -0.930. The molecule has 0 aliphatic rings. The van der Waals surface area contributed by atoms with Crippen molar-refractivity contribution >= 4 is 11.8 Å². The highest BCUT2D eigenvalue weighted by Gasteiger charge is 1.90. The molecule has 0 saturated heterocycles. The minimum absolute atomic E-state index is 0.205. The molecule has 3 heteroatoms. The minimum Gasteiger partial charge on any atom is -0.192 e. The lowest BCUT2D eigenvalue weighted by Gasteiger charge is -1.93. The second-order valence-electron chi connectivity index (χ2n) is 2.33. The monoisotopic (exact) mass is 180 g/mol. The normalized spacial score (nSPS) is 8.25. The van der Waals surface area contributed by atoms with Crippen LogP contribution in [0.15, 0.2) is 11.0 Å². The van der Waals surface area contributed by atoms with Gasteiger partial charge >= 0.3 is 0 Å². The standard InChI is InChI=1S/C9H12N2S/c1-2-3-4-5-12-8-9(6-10)7-11/h8H,2-5H2,1H3. The third kappa shape index (κ3) is 5.82. The topological polar surface area (TPSA) is 47.6 Å². The van der Waals surface area contributed by atoms with E-state index in [9.17, 15) is 0 Å². The molecule has 0 aromatic carbocycles. The highest BCUT2D eigenvalue weighted by molar-refractivity contribution is 8.02. The molecular weight excluding hydrogens is 168 g/mol. The molecule has 0 unspecified atom stereocenters. The highest BCUT2D eigenvalue weighted by Crippen LogP contribution is 2.09. The summed E-state index contributed by atoms with van der Waals surface area (Å²) >= 11 is 1.54. The summed E-state index contributed by atoms with van der Waals surface area (Å²) in [4.78, 5) is 0. The molecular formula is C9H12N2S. The van der Waals surface area contributed by atoms with Crippen LogP contribution in [0.2, 0.25) is 0 Å². The van der Waals surface area contributed by atoms with Gasteiger partial charge in [-0.1, -0.05) is 19.8 Å². The number of thioether (sulfide) groups is 1. The van der Waals surface area contributed by atoms with Gasteiger partial charge in [0.15, 0.2) is 0 Å². The van der Waals surface area contributed by atoms with Gasteiger partial charge in [-0.15, -0.1) is 11.8 Å². The zero-order valence-corrected chi connectivity index (χ0v) is 8.02. The van der Waals surface area contributed by atoms with Crippen LogP contribution in [0.4, 0.5) is 0 Å². The van der Waals surface area contributed by atoms with Crippen molar-refractivity contribution in [2.45, 2.75) is 26.2 Å². The van der Waals surface area contributed by atoms with Crippen molar-refractivity contribution in [1.82, 2.24) is 0 Å². The molecule has 0 aliphatic carbocycles. The number of unbranched alkanes of at least 4 members (excludes halogenated alkanes) is 2. The van der Waals surface area contributed by atoms with Crippen LogP contribution in [0.25, 0.3) is 0 Å². The third-order valence-electron chi connectivity index (χ3n) is 1.31. The Bertz CT molecular complexity index is 204. The lowest BCUT2D eigenvalue weighted by atomic mass is 10.3. The second kappa shape index (κ2) is 8.17. The first-order valence-electron chi connectivity index (χ1n) is 3.97. The highest BCUT2D eigenvalue weighted by atomic mass is 32.2. The fourth-order valence-corrected chi connectivity index (χ4v) is 1.42. The molecule has 0 aromatic rings. The van der Waals surface area contributed by atoms with Crippen LogP contribution in [0.3, 0.4) is 0 Å². The summed E-state index contributed by atoms with van der Waals surface area (Å²) < 4.78 is 0. The number of allylic oxidation sites excluding steroid dienone is 1. The van der Waals surface area contributed by atoms with Crippen LogP contribution < -0.4 is 0 Å². The summed E-state index contributed by atoms with van der Waals surface area (Å²) in [5.41, 5.74) is 0.205. The Balaban J connectivity index is 3.48. The summed E-state index contributed by atoms with van der Waals surface area (Å²) in [7, 11) is 0. The number of rotatable bonds is 5. The van der Waals surface area contributed by atoms with Gasteiger partial charge in [-0.2, -0.15) is 10.5 Å². The summed E-state index contributed by atoms with van der Waals surface area (Å²) in [5.74, 6) is 1.00. The van der Waals surface area contributed by atoms with Gasteiger partial charge in [0.1, 0.15) is 17.7 Å². The maximum Gasteiger partial charge on any atom is 0.135 e. The smallest absolute Gasteiger partial charge is 0.135 e. The van der Waals surface area contributed by atoms with Gasteiger partial charge in [-0.25, -0.2) is 0 Å². The summed E-state index contributed by atoms with van der Waals surface area (Å²) in [6.07, 6.45) is 3.57. The van der Waals surface area contributed by atoms with Crippen LogP contribution in [-0.2, 0) is 0 Å².